The van der Waals surface area contributed by atoms with Crippen molar-refractivity contribution < 1.29 is 33.6 Å². The number of nitrogens with one attached hydrogen (secondary N) is 5. The number of aliphatic imine (C=N–C) groups is 1. The first-order valence-electron chi connectivity index (χ1n) is 16.1. The van der Waals surface area contributed by atoms with E-state index in [9.17, 15) is 33.6 Å². The van der Waals surface area contributed by atoms with Crippen molar-refractivity contribution in [2.24, 2.45) is 45.5 Å². The van der Waals surface area contributed by atoms with Crippen molar-refractivity contribution in [3.8, 4) is 0 Å². The Bertz CT molecular complexity index is 1170. The minimum Gasteiger partial charge on any atom is -0.370 e. The van der Waals surface area contributed by atoms with E-state index >= 15 is 0 Å². The number of guanidine groups is 1. The Hall–Kier alpha value is -3.78. The van der Waals surface area contributed by atoms with E-state index in [4.69, 9.17) is 28.7 Å². The van der Waals surface area contributed by atoms with Gasteiger partial charge in [-0.05, 0) is 31.1 Å². The van der Waals surface area contributed by atoms with Crippen LogP contribution in [0, 0.1) is 11.8 Å². The summed E-state index contributed by atoms with van der Waals surface area (Å²) in [6.07, 6.45) is 1.09. The molecule has 0 unspecified atom stereocenters. The fourth-order valence-corrected chi connectivity index (χ4v) is 4.86. The van der Waals surface area contributed by atoms with Crippen LogP contribution in [-0.4, -0.2) is 102 Å². The van der Waals surface area contributed by atoms with Gasteiger partial charge >= 0.3 is 0 Å². The minimum atomic E-state index is -1.22. The van der Waals surface area contributed by atoms with Crippen molar-refractivity contribution in [3.05, 3.63) is 0 Å². The largest absolute Gasteiger partial charge is 0.370 e. The maximum atomic E-state index is 13.6. The van der Waals surface area contributed by atoms with Crippen LogP contribution < -0.4 is 55.3 Å². The molecule has 0 aromatic heterocycles. The van der Waals surface area contributed by atoms with Crippen LogP contribution in [0.25, 0.3) is 0 Å². The van der Waals surface area contributed by atoms with Crippen molar-refractivity contribution in [3.63, 3.8) is 0 Å². The van der Waals surface area contributed by atoms with Crippen LogP contribution in [0.3, 0.4) is 0 Å². The van der Waals surface area contributed by atoms with Gasteiger partial charge in [-0.2, -0.15) is 25.3 Å². The van der Waals surface area contributed by atoms with Gasteiger partial charge < -0.3 is 55.3 Å². The standard InChI is InChI=1S/C29H55N11O7S2/c1-5-14(3)21(23(32)42)39-27(46)19(13-49)38-28(47)22(15(4)6-2)40-25(44)17(8-7-11-35-29(33)34)36-26(45)18(12-48)37-24(43)16(30)9-10-20(31)41/h14-19,21-22,48-49H,5-13,30H2,1-4H3,(H2,31,41)(H2,32,42)(H,36,45)(H,37,43)(H,38,47)(H,39,46)(H,40,44)(H4,33,34,35)/t14-,15-,16-,17-,18-,19-,21-,22-/m0/s1. The predicted octanol–water partition coefficient (Wildman–Crippen LogP) is -3.51. The predicted molar refractivity (Wildman–Crippen MR) is 192 cm³/mol. The van der Waals surface area contributed by atoms with Gasteiger partial charge in [-0.25, -0.2) is 0 Å². The van der Waals surface area contributed by atoms with Crippen molar-refractivity contribution in [1.29, 1.82) is 0 Å². The molecular weight excluding hydrogens is 679 g/mol. The second kappa shape index (κ2) is 23.6. The normalized spacial score (nSPS) is 15.8. The third-order valence-corrected chi connectivity index (χ3v) is 8.59. The lowest BCUT2D eigenvalue weighted by molar-refractivity contribution is -0.135. The minimum absolute atomic E-state index is 0.0281. The van der Waals surface area contributed by atoms with Gasteiger partial charge in [0.15, 0.2) is 5.96 Å². The molecule has 0 heterocycles. The van der Waals surface area contributed by atoms with Gasteiger partial charge in [0.1, 0.15) is 30.2 Å². The van der Waals surface area contributed by atoms with Crippen molar-refractivity contribution in [1.82, 2.24) is 26.6 Å². The lowest BCUT2D eigenvalue weighted by Gasteiger charge is -2.29. The molecule has 0 saturated heterocycles. The summed E-state index contributed by atoms with van der Waals surface area (Å²) in [5.41, 5.74) is 27.2. The molecule has 18 nitrogen and oxygen atoms in total. The molecule has 0 fully saturated rings. The van der Waals surface area contributed by atoms with Crippen LogP contribution in [0.5, 0.6) is 0 Å². The number of rotatable bonds is 24. The Kier molecular flexibility index (Phi) is 21.7. The topological polar surface area (TPSA) is 322 Å². The Morgan fingerprint density at radius 2 is 1.08 bits per heavy atom. The summed E-state index contributed by atoms with van der Waals surface area (Å²) in [6.45, 7) is 7.22. The molecule has 20 heteroatoms. The Morgan fingerprint density at radius 3 is 1.55 bits per heavy atom. The van der Waals surface area contributed by atoms with Gasteiger partial charge in [0.25, 0.3) is 0 Å². The van der Waals surface area contributed by atoms with E-state index in [0.29, 0.717) is 12.8 Å². The molecule has 0 aliphatic heterocycles. The number of thiol groups is 2. The lowest BCUT2D eigenvalue weighted by Crippen LogP contribution is -2.61. The smallest absolute Gasteiger partial charge is 0.244 e. The molecule has 7 amide bonds. The zero-order valence-corrected chi connectivity index (χ0v) is 30.4. The molecule has 49 heavy (non-hydrogen) atoms. The summed E-state index contributed by atoms with van der Waals surface area (Å²) in [6, 6.07) is -6.87. The van der Waals surface area contributed by atoms with Crippen LogP contribution in [0.4, 0.5) is 0 Å². The number of carbonyl (C=O) groups excluding carboxylic acids is 7. The van der Waals surface area contributed by atoms with Gasteiger partial charge in [-0.1, -0.05) is 40.5 Å². The SMILES string of the molecule is CC[C@H](C)[C@H](NC(=O)[C@H](CS)NC(=O)[C@@H](NC(=O)[C@H](CCCN=C(N)N)NC(=O)[C@H](CS)NC(=O)[C@@H](N)CCC(N)=O)[C@@H](C)CC)C(N)=O. The molecule has 8 atom stereocenters. The Morgan fingerprint density at radius 1 is 0.633 bits per heavy atom. The molecule has 0 radical (unpaired) electrons. The maximum Gasteiger partial charge on any atom is 0.244 e. The number of nitrogens with zero attached hydrogens (tertiary/aromatic N) is 1. The highest BCUT2D eigenvalue weighted by Crippen LogP contribution is 2.12. The van der Waals surface area contributed by atoms with Gasteiger partial charge in [0.2, 0.25) is 41.4 Å². The number of primary amides is 2. The molecule has 0 bridgehead atoms. The average molecular weight is 734 g/mol. The summed E-state index contributed by atoms with van der Waals surface area (Å²) in [4.78, 5) is 92.8. The number of nitrogens with two attached hydrogens (primary N) is 5. The highest BCUT2D eigenvalue weighted by atomic mass is 32.1. The molecule has 0 aliphatic rings. The lowest BCUT2D eigenvalue weighted by atomic mass is 9.96. The fourth-order valence-electron chi connectivity index (χ4n) is 4.34. The van der Waals surface area contributed by atoms with E-state index in [-0.39, 0.29) is 55.6 Å². The first-order valence-corrected chi connectivity index (χ1v) is 17.3. The maximum absolute atomic E-state index is 13.6. The van der Waals surface area contributed by atoms with Crippen molar-refractivity contribution in [2.75, 3.05) is 18.1 Å². The quantitative estimate of drug-likeness (QED) is 0.0201. The van der Waals surface area contributed by atoms with E-state index in [1.807, 2.05) is 6.92 Å². The zero-order valence-electron chi connectivity index (χ0n) is 28.6. The number of carbonyl (C=O) groups is 7. The fraction of sp³-hybridized carbons (Fsp3) is 0.724. The zero-order chi connectivity index (χ0) is 37.8. The first kappa shape index (κ1) is 45.2. The molecule has 0 aromatic carbocycles. The molecule has 280 valence electrons. The summed E-state index contributed by atoms with van der Waals surface area (Å²) in [5, 5.41) is 12.8. The van der Waals surface area contributed by atoms with Gasteiger partial charge in [-0.15, -0.1) is 0 Å². The van der Waals surface area contributed by atoms with Crippen LogP contribution in [0.15, 0.2) is 4.99 Å². The number of hydrogen-bond acceptors (Lipinski definition) is 11. The third-order valence-electron chi connectivity index (χ3n) is 7.86. The monoisotopic (exact) mass is 733 g/mol. The second-order valence-electron chi connectivity index (χ2n) is 11.8. The molecular formula is C29H55N11O7S2. The van der Waals surface area contributed by atoms with Gasteiger partial charge in [0, 0.05) is 24.5 Å². The molecule has 15 N–H and O–H groups in total. The highest BCUT2D eigenvalue weighted by Gasteiger charge is 2.34. The Balaban J connectivity index is 6.02. The number of amides is 7. The Labute approximate surface area is 298 Å². The van der Waals surface area contributed by atoms with Gasteiger partial charge in [-0.3, -0.25) is 38.6 Å². The van der Waals surface area contributed by atoms with Crippen LogP contribution in [0.1, 0.15) is 66.2 Å². The third kappa shape index (κ3) is 16.9. The van der Waals surface area contributed by atoms with Gasteiger partial charge in [0.05, 0.1) is 6.04 Å². The molecule has 0 spiro atoms. The van der Waals surface area contributed by atoms with Crippen molar-refractivity contribution >= 4 is 72.6 Å². The number of hydrogen-bond donors (Lipinski definition) is 12. The molecule has 0 aliphatic carbocycles. The van der Waals surface area contributed by atoms with E-state index in [1.54, 1.807) is 20.8 Å². The van der Waals surface area contributed by atoms with E-state index in [0.717, 1.165) is 0 Å². The first-order chi connectivity index (χ1) is 22.9. The average Bonchev–Trinajstić information content (AvgIpc) is 3.05. The molecule has 0 aromatic rings. The highest BCUT2D eigenvalue weighted by molar-refractivity contribution is 7.80. The summed E-state index contributed by atoms with van der Waals surface area (Å²) < 4.78 is 0. The van der Waals surface area contributed by atoms with Crippen LogP contribution >= 0.6 is 25.3 Å². The molecule has 0 saturated carbocycles. The summed E-state index contributed by atoms with van der Waals surface area (Å²) >= 11 is 8.33. The van der Waals surface area contributed by atoms with Crippen LogP contribution in [-0.2, 0) is 33.6 Å². The van der Waals surface area contributed by atoms with E-state index in [2.05, 4.69) is 56.8 Å². The summed E-state index contributed by atoms with van der Waals surface area (Å²) in [7, 11) is 0. The van der Waals surface area contributed by atoms with E-state index in [1.165, 1.54) is 0 Å². The van der Waals surface area contributed by atoms with Crippen LogP contribution in [0.2, 0.25) is 0 Å². The van der Waals surface area contributed by atoms with Crippen molar-refractivity contribution in [2.45, 2.75) is 102 Å². The summed E-state index contributed by atoms with van der Waals surface area (Å²) in [5.74, 6) is -6.15. The second-order valence-corrected chi connectivity index (χ2v) is 12.5. The molecule has 0 rings (SSSR count). The van der Waals surface area contributed by atoms with E-state index < -0.39 is 83.5 Å².